The number of piperidine rings is 1. The highest BCUT2D eigenvalue weighted by Gasteiger charge is 2.34. The van der Waals surface area contributed by atoms with E-state index in [4.69, 9.17) is 4.74 Å². The van der Waals surface area contributed by atoms with Gasteiger partial charge in [0.05, 0.1) is 13.0 Å². The molecule has 0 unspecified atom stereocenters. The topological polar surface area (TPSA) is 41.6 Å². The van der Waals surface area contributed by atoms with Crippen LogP contribution >= 0.6 is 24.8 Å². The van der Waals surface area contributed by atoms with Crippen LogP contribution in [-0.4, -0.2) is 50.7 Å². The molecule has 102 valence electrons. The van der Waals surface area contributed by atoms with Crippen molar-refractivity contribution in [2.75, 3.05) is 39.8 Å². The fraction of sp³-hybridized carbons (Fsp3) is 0.909. The van der Waals surface area contributed by atoms with E-state index in [2.05, 4.69) is 10.2 Å². The first-order valence-corrected chi connectivity index (χ1v) is 5.80. The molecule has 17 heavy (non-hydrogen) atoms. The van der Waals surface area contributed by atoms with Gasteiger partial charge in [0.2, 0.25) is 0 Å². The van der Waals surface area contributed by atoms with Gasteiger partial charge in [0.25, 0.3) is 0 Å². The highest BCUT2D eigenvalue weighted by molar-refractivity contribution is 5.85. The molecule has 0 aromatic heterocycles. The van der Waals surface area contributed by atoms with Gasteiger partial charge >= 0.3 is 5.97 Å². The molecular formula is C11H22Cl2N2O2. The minimum Gasteiger partial charge on any atom is -0.469 e. The summed E-state index contributed by atoms with van der Waals surface area (Å²) in [7, 11) is 1.47. The summed E-state index contributed by atoms with van der Waals surface area (Å²) in [6.07, 6.45) is 2.55. The molecule has 0 amide bonds. The molecule has 0 aliphatic carbocycles. The van der Waals surface area contributed by atoms with Gasteiger partial charge < -0.3 is 15.0 Å². The second-order valence-electron chi connectivity index (χ2n) is 4.63. The molecule has 2 aliphatic heterocycles. The number of ether oxygens (including phenoxy) is 1. The normalized spacial score (nSPS) is 21.9. The van der Waals surface area contributed by atoms with Crippen LogP contribution in [0, 0.1) is 11.8 Å². The van der Waals surface area contributed by atoms with Crippen molar-refractivity contribution in [2.45, 2.75) is 12.8 Å². The van der Waals surface area contributed by atoms with Crippen molar-refractivity contribution in [3.8, 4) is 0 Å². The van der Waals surface area contributed by atoms with Crippen LogP contribution in [0.25, 0.3) is 0 Å². The summed E-state index contributed by atoms with van der Waals surface area (Å²) in [5.74, 6) is 0.915. The minimum absolute atomic E-state index is 0. The Kier molecular flexibility index (Phi) is 8.12. The van der Waals surface area contributed by atoms with Gasteiger partial charge in [-0.3, -0.25) is 4.79 Å². The lowest BCUT2D eigenvalue weighted by Gasteiger charge is -2.40. The summed E-state index contributed by atoms with van der Waals surface area (Å²) in [6, 6.07) is 0. The maximum atomic E-state index is 11.2. The van der Waals surface area contributed by atoms with Gasteiger partial charge in [-0.2, -0.15) is 0 Å². The largest absolute Gasteiger partial charge is 0.469 e. The van der Waals surface area contributed by atoms with Gasteiger partial charge in [-0.25, -0.2) is 0 Å². The van der Waals surface area contributed by atoms with E-state index in [0.717, 1.165) is 38.6 Å². The second-order valence-corrected chi connectivity index (χ2v) is 4.63. The number of hydrogen-bond donors (Lipinski definition) is 1. The number of nitrogens with one attached hydrogen (secondary N) is 1. The van der Waals surface area contributed by atoms with E-state index in [1.165, 1.54) is 20.0 Å². The molecule has 0 aromatic carbocycles. The molecule has 0 saturated carbocycles. The number of likely N-dealkylation sites (tertiary alicyclic amines) is 1. The molecule has 6 heteroatoms. The van der Waals surface area contributed by atoms with Gasteiger partial charge in [0, 0.05) is 19.6 Å². The fourth-order valence-electron chi connectivity index (χ4n) is 2.46. The third-order valence-corrected chi connectivity index (χ3v) is 3.47. The van der Waals surface area contributed by atoms with Crippen LogP contribution in [-0.2, 0) is 9.53 Å². The molecule has 0 spiro atoms. The zero-order valence-corrected chi connectivity index (χ0v) is 11.8. The summed E-state index contributed by atoms with van der Waals surface area (Å²) < 4.78 is 4.72. The van der Waals surface area contributed by atoms with Gasteiger partial charge in [0.15, 0.2) is 0 Å². The smallest absolute Gasteiger partial charge is 0.311 e. The number of nitrogens with zero attached hydrogens (tertiary/aromatic N) is 1. The highest BCUT2D eigenvalue weighted by atomic mass is 35.5. The first-order valence-electron chi connectivity index (χ1n) is 5.80. The molecule has 0 bridgehead atoms. The maximum absolute atomic E-state index is 11.2. The van der Waals surface area contributed by atoms with E-state index in [0.29, 0.717) is 0 Å². The van der Waals surface area contributed by atoms with Crippen molar-refractivity contribution >= 4 is 30.8 Å². The SMILES string of the molecule is COC(=O)C1CN(CC2CCNCC2)C1.Cl.Cl. The Morgan fingerprint density at radius 2 is 1.88 bits per heavy atom. The Labute approximate surface area is 115 Å². The number of hydrogen-bond acceptors (Lipinski definition) is 4. The third kappa shape index (κ3) is 4.62. The Bertz CT molecular complexity index is 230. The second kappa shape index (κ2) is 8.14. The molecule has 2 aliphatic rings. The molecule has 2 heterocycles. The Balaban J connectivity index is 0.00000128. The van der Waals surface area contributed by atoms with Crippen molar-refractivity contribution < 1.29 is 9.53 Å². The standard InChI is InChI=1S/C11H20N2O2.2ClH/c1-15-11(14)10-7-13(8-10)6-9-2-4-12-5-3-9;;/h9-10,12H,2-8H2,1H3;2*1H. The minimum atomic E-state index is -0.0449. The highest BCUT2D eigenvalue weighted by Crippen LogP contribution is 2.21. The van der Waals surface area contributed by atoms with Crippen molar-refractivity contribution in [3.05, 3.63) is 0 Å². The Morgan fingerprint density at radius 1 is 1.29 bits per heavy atom. The van der Waals surface area contributed by atoms with E-state index in [1.807, 2.05) is 0 Å². The molecule has 2 rings (SSSR count). The summed E-state index contributed by atoms with van der Waals surface area (Å²) in [5.41, 5.74) is 0. The molecule has 4 nitrogen and oxygen atoms in total. The van der Waals surface area contributed by atoms with Crippen molar-refractivity contribution in [2.24, 2.45) is 11.8 Å². The predicted octanol–water partition coefficient (Wildman–Crippen LogP) is 0.934. The Morgan fingerprint density at radius 3 is 2.41 bits per heavy atom. The van der Waals surface area contributed by atoms with E-state index in [1.54, 1.807) is 0 Å². The van der Waals surface area contributed by atoms with E-state index in [9.17, 15) is 4.79 Å². The first-order chi connectivity index (χ1) is 7.29. The van der Waals surface area contributed by atoms with Gasteiger partial charge in [-0.1, -0.05) is 0 Å². The summed E-state index contributed by atoms with van der Waals surface area (Å²) >= 11 is 0. The van der Waals surface area contributed by atoms with E-state index < -0.39 is 0 Å². The van der Waals surface area contributed by atoms with Crippen molar-refractivity contribution in [1.82, 2.24) is 10.2 Å². The maximum Gasteiger partial charge on any atom is 0.311 e. The van der Waals surface area contributed by atoms with Crippen LogP contribution in [0.2, 0.25) is 0 Å². The average molecular weight is 285 g/mol. The molecule has 0 aromatic rings. The van der Waals surface area contributed by atoms with Crippen LogP contribution in [0.4, 0.5) is 0 Å². The predicted molar refractivity (Wildman–Crippen MR) is 72.0 cm³/mol. The molecular weight excluding hydrogens is 263 g/mol. The molecule has 0 radical (unpaired) electrons. The lowest BCUT2D eigenvalue weighted by molar-refractivity contribution is -0.151. The van der Waals surface area contributed by atoms with Crippen molar-refractivity contribution in [3.63, 3.8) is 0 Å². The lowest BCUT2D eigenvalue weighted by atomic mass is 9.93. The van der Waals surface area contributed by atoms with Crippen LogP contribution in [0.15, 0.2) is 0 Å². The zero-order chi connectivity index (χ0) is 10.7. The van der Waals surface area contributed by atoms with Crippen LogP contribution in [0.3, 0.4) is 0 Å². The lowest BCUT2D eigenvalue weighted by Crippen LogP contribution is -2.52. The zero-order valence-electron chi connectivity index (χ0n) is 10.2. The molecule has 2 fully saturated rings. The molecule has 0 atom stereocenters. The summed E-state index contributed by atoms with van der Waals surface area (Å²) in [6.45, 7) is 5.26. The van der Waals surface area contributed by atoms with Crippen LogP contribution in [0.1, 0.15) is 12.8 Å². The number of carbonyl (C=O) groups is 1. The quantitative estimate of drug-likeness (QED) is 0.783. The van der Waals surface area contributed by atoms with Crippen LogP contribution in [0.5, 0.6) is 0 Å². The number of halogens is 2. The van der Waals surface area contributed by atoms with Crippen LogP contribution < -0.4 is 5.32 Å². The number of rotatable bonds is 3. The summed E-state index contributed by atoms with van der Waals surface area (Å²) in [4.78, 5) is 13.5. The number of esters is 1. The number of carbonyl (C=O) groups excluding carboxylic acids is 1. The third-order valence-electron chi connectivity index (χ3n) is 3.47. The van der Waals surface area contributed by atoms with E-state index in [-0.39, 0.29) is 36.7 Å². The van der Waals surface area contributed by atoms with E-state index >= 15 is 0 Å². The van der Waals surface area contributed by atoms with Gasteiger partial charge in [-0.05, 0) is 31.8 Å². The van der Waals surface area contributed by atoms with Gasteiger partial charge in [0.1, 0.15) is 0 Å². The number of methoxy groups -OCH3 is 1. The van der Waals surface area contributed by atoms with Gasteiger partial charge in [-0.15, -0.1) is 24.8 Å². The fourth-order valence-corrected chi connectivity index (χ4v) is 2.46. The Hall–Kier alpha value is -0.0300. The monoisotopic (exact) mass is 284 g/mol. The van der Waals surface area contributed by atoms with Crippen molar-refractivity contribution in [1.29, 1.82) is 0 Å². The molecule has 2 saturated heterocycles. The first kappa shape index (κ1) is 17.0. The summed E-state index contributed by atoms with van der Waals surface area (Å²) in [5, 5.41) is 3.37. The molecule has 1 N–H and O–H groups in total. The average Bonchev–Trinajstić information content (AvgIpc) is 2.23.